The lowest BCUT2D eigenvalue weighted by Crippen LogP contribution is -2.42. The second kappa shape index (κ2) is 2.60. The van der Waals surface area contributed by atoms with E-state index in [1.807, 2.05) is 0 Å². The van der Waals surface area contributed by atoms with Gasteiger partial charge in [-0.05, 0) is 0 Å². The van der Waals surface area contributed by atoms with E-state index in [2.05, 4.69) is 15.3 Å². The maximum absolute atomic E-state index is 10.9. The van der Waals surface area contributed by atoms with Gasteiger partial charge in [-0.25, -0.2) is 4.79 Å². The molecule has 0 radical (unpaired) electrons. The number of H-pyrrole nitrogens is 2. The molecule has 0 aliphatic carbocycles. The second-order valence-electron chi connectivity index (χ2n) is 2.90. The fourth-order valence-electron chi connectivity index (χ4n) is 1.22. The molecule has 1 aromatic heterocycles. The van der Waals surface area contributed by atoms with E-state index in [9.17, 15) is 9.59 Å². The predicted molar refractivity (Wildman–Crippen MR) is 43.3 cm³/mol. The third-order valence-corrected chi connectivity index (χ3v) is 2.00. The van der Waals surface area contributed by atoms with E-state index < -0.39 is 5.69 Å². The molecule has 0 bridgehead atoms. The van der Waals surface area contributed by atoms with Gasteiger partial charge in [-0.3, -0.25) is 9.78 Å². The monoisotopic (exact) mass is 167 g/mol. The largest absolute Gasteiger partial charge is 0.325 e. The van der Waals surface area contributed by atoms with Crippen LogP contribution in [-0.4, -0.2) is 23.1 Å². The highest BCUT2D eigenvalue weighted by molar-refractivity contribution is 5.10. The Balaban J connectivity index is 2.43. The molecule has 64 valence electrons. The standard InChI is InChI=1S/C7H9N3O2/c11-6-1-5(4-2-8-3-4)9-7(12)10-6/h1,4,8H,2-3H2,(H2,9,10,11,12). The number of rotatable bonds is 1. The molecule has 0 spiro atoms. The summed E-state index contributed by atoms with van der Waals surface area (Å²) in [7, 11) is 0. The average molecular weight is 167 g/mol. The van der Waals surface area contributed by atoms with Crippen molar-refractivity contribution in [3.05, 3.63) is 32.6 Å². The molecule has 1 aliphatic rings. The summed E-state index contributed by atoms with van der Waals surface area (Å²) in [5.74, 6) is 0.292. The summed E-state index contributed by atoms with van der Waals surface area (Å²) < 4.78 is 0. The van der Waals surface area contributed by atoms with Crippen molar-refractivity contribution in [3.63, 3.8) is 0 Å². The molecule has 5 nitrogen and oxygen atoms in total. The van der Waals surface area contributed by atoms with Gasteiger partial charge in [0.2, 0.25) is 0 Å². The summed E-state index contributed by atoms with van der Waals surface area (Å²) in [6, 6.07) is 1.44. The molecule has 12 heavy (non-hydrogen) atoms. The van der Waals surface area contributed by atoms with Gasteiger partial charge in [0.1, 0.15) is 0 Å². The Morgan fingerprint density at radius 1 is 1.25 bits per heavy atom. The van der Waals surface area contributed by atoms with Crippen LogP contribution in [-0.2, 0) is 0 Å². The van der Waals surface area contributed by atoms with E-state index in [0.717, 1.165) is 18.8 Å². The number of hydrogen-bond donors (Lipinski definition) is 3. The maximum Gasteiger partial charge on any atom is 0.325 e. The molecular formula is C7H9N3O2. The van der Waals surface area contributed by atoms with Gasteiger partial charge in [0.25, 0.3) is 5.56 Å². The number of nitrogens with one attached hydrogen (secondary N) is 3. The molecule has 1 fully saturated rings. The van der Waals surface area contributed by atoms with Crippen molar-refractivity contribution >= 4 is 0 Å². The zero-order valence-corrected chi connectivity index (χ0v) is 6.39. The van der Waals surface area contributed by atoms with E-state index in [1.165, 1.54) is 6.07 Å². The van der Waals surface area contributed by atoms with Gasteiger partial charge in [0, 0.05) is 30.8 Å². The molecule has 5 heteroatoms. The van der Waals surface area contributed by atoms with Crippen LogP contribution >= 0.6 is 0 Å². The second-order valence-corrected chi connectivity index (χ2v) is 2.90. The van der Waals surface area contributed by atoms with Crippen LogP contribution in [0.25, 0.3) is 0 Å². The summed E-state index contributed by atoms with van der Waals surface area (Å²) in [5.41, 5.74) is -0.0347. The van der Waals surface area contributed by atoms with E-state index in [-0.39, 0.29) is 5.56 Å². The summed E-state index contributed by atoms with van der Waals surface area (Å²) in [6.45, 7) is 1.67. The van der Waals surface area contributed by atoms with Crippen molar-refractivity contribution in [2.24, 2.45) is 0 Å². The summed E-state index contributed by atoms with van der Waals surface area (Å²) in [6.07, 6.45) is 0. The number of aromatic amines is 2. The van der Waals surface area contributed by atoms with E-state index in [0.29, 0.717) is 5.92 Å². The van der Waals surface area contributed by atoms with E-state index in [1.54, 1.807) is 0 Å². The first kappa shape index (κ1) is 7.30. The molecule has 1 aromatic rings. The van der Waals surface area contributed by atoms with Crippen molar-refractivity contribution in [2.75, 3.05) is 13.1 Å². The van der Waals surface area contributed by atoms with Gasteiger partial charge in [0.05, 0.1) is 0 Å². The van der Waals surface area contributed by atoms with Crippen molar-refractivity contribution in [2.45, 2.75) is 5.92 Å². The van der Waals surface area contributed by atoms with E-state index in [4.69, 9.17) is 0 Å². The van der Waals surface area contributed by atoms with Gasteiger partial charge in [-0.15, -0.1) is 0 Å². The molecule has 3 N–H and O–H groups in total. The fourth-order valence-corrected chi connectivity index (χ4v) is 1.22. The van der Waals surface area contributed by atoms with Crippen LogP contribution in [0, 0.1) is 0 Å². The minimum atomic E-state index is -0.426. The molecule has 1 aliphatic heterocycles. The molecule has 0 atom stereocenters. The van der Waals surface area contributed by atoms with Crippen LogP contribution in [0.1, 0.15) is 11.6 Å². The normalized spacial score (nSPS) is 17.3. The van der Waals surface area contributed by atoms with E-state index >= 15 is 0 Å². The maximum atomic E-state index is 10.9. The molecule has 2 rings (SSSR count). The average Bonchev–Trinajstić information content (AvgIpc) is 1.79. The quantitative estimate of drug-likeness (QED) is 0.489. The molecule has 2 heterocycles. The van der Waals surface area contributed by atoms with Crippen LogP contribution in [0.4, 0.5) is 0 Å². The molecular weight excluding hydrogens is 158 g/mol. The van der Waals surface area contributed by atoms with Crippen LogP contribution in [0.3, 0.4) is 0 Å². The Morgan fingerprint density at radius 3 is 2.50 bits per heavy atom. The number of aromatic nitrogens is 2. The van der Waals surface area contributed by atoms with Gasteiger partial charge in [-0.2, -0.15) is 0 Å². The third kappa shape index (κ3) is 1.18. The van der Waals surface area contributed by atoms with Crippen molar-refractivity contribution in [3.8, 4) is 0 Å². The summed E-state index contributed by atoms with van der Waals surface area (Å²) in [4.78, 5) is 26.4. The summed E-state index contributed by atoms with van der Waals surface area (Å²) >= 11 is 0. The predicted octanol–water partition coefficient (Wildman–Crippen LogP) is -1.25. The van der Waals surface area contributed by atoms with Crippen molar-refractivity contribution in [1.82, 2.24) is 15.3 Å². The first-order valence-electron chi connectivity index (χ1n) is 3.80. The Kier molecular flexibility index (Phi) is 1.58. The molecule has 1 saturated heterocycles. The van der Waals surface area contributed by atoms with Crippen molar-refractivity contribution < 1.29 is 0 Å². The number of hydrogen-bond acceptors (Lipinski definition) is 3. The minimum absolute atomic E-state index is 0.292. The first-order valence-corrected chi connectivity index (χ1v) is 3.80. The third-order valence-electron chi connectivity index (χ3n) is 2.00. The lowest BCUT2D eigenvalue weighted by molar-refractivity contribution is 0.438. The van der Waals surface area contributed by atoms with Crippen LogP contribution in [0.2, 0.25) is 0 Å². The minimum Gasteiger partial charge on any atom is -0.315 e. The highest BCUT2D eigenvalue weighted by atomic mass is 16.2. The van der Waals surface area contributed by atoms with Crippen LogP contribution in [0.5, 0.6) is 0 Å². The lowest BCUT2D eigenvalue weighted by Gasteiger charge is -2.26. The molecule has 0 saturated carbocycles. The zero-order chi connectivity index (χ0) is 8.55. The van der Waals surface area contributed by atoms with Gasteiger partial charge in [0.15, 0.2) is 0 Å². The first-order chi connectivity index (χ1) is 5.75. The smallest absolute Gasteiger partial charge is 0.315 e. The van der Waals surface area contributed by atoms with Gasteiger partial charge < -0.3 is 10.3 Å². The van der Waals surface area contributed by atoms with Crippen molar-refractivity contribution in [1.29, 1.82) is 0 Å². The molecule has 0 aromatic carbocycles. The Labute approximate surface area is 67.8 Å². The lowest BCUT2D eigenvalue weighted by atomic mass is 9.99. The highest BCUT2D eigenvalue weighted by Gasteiger charge is 2.19. The Morgan fingerprint density at radius 2 is 2.00 bits per heavy atom. The van der Waals surface area contributed by atoms with Crippen LogP contribution < -0.4 is 16.6 Å². The Bertz CT molecular complexity index is 360. The molecule has 0 amide bonds. The zero-order valence-electron chi connectivity index (χ0n) is 6.39. The topological polar surface area (TPSA) is 77.8 Å². The summed E-state index contributed by atoms with van der Waals surface area (Å²) in [5, 5.41) is 3.06. The van der Waals surface area contributed by atoms with Gasteiger partial charge in [-0.1, -0.05) is 0 Å². The van der Waals surface area contributed by atoms with Gasteiger partial charge >= 0.3 is 5.69 Å². The fraction of sp³-hybridized carbons (Fsp3) is 0.429. The highest BCUT2D eigenvalue weighted by Crippen LogP contribution is 2.13. The SMILES string of the molecule is O=c1cc(C2CNC2)[nH]c(=O)[nH]1. The van der Waals surface area contributed by atoms with Crippen LogP contribution in [0.15, 0.2) is 15.7 Å². The Hall–Kier alpha value is -1.36. The molecule has 0 unspecified atom stereocenters.